The minimum Gasteiger partial charge on any atom is -0.493 e. The van der Waals surface area contributed by atoms with Crippen molar-refractivity contribution in [1.29, 1.82) is 0 Å². The van der Waals surface area contributed by atoms with Crippen molar-refractivity contribution in [3.8, 4) is 11.5 Å². The first-order chi connectivity index (χ1) is 16.0. The van der Waals surface area contributed by atoms with Crippen LogP contribution in [0.1, 0.15) is 16.7 Å². The maximum atomic E-state index is 13.1. The van der Waals surface area contributed by atoms with E-state index in [2.05, 4.69) is 5.32 Å². The Balaban J connectivity index is 1.58. The molecule has 0 aromatic heterocycles. The lowest BCUT2D eigenvalue weighted by molar-refractivity contribution is -0.122. The van der Waals surface area contributed by atoms with Gasteiger partial charge in [-0.15, -0.1) is 0 Å². The lowest BCUT2D eigenvalue weighted by atomic mass is 10.1. The second-order valence-electron chi connectivity index (χ2n) is 7.48. The van der Waals surface area contributed by atoms with Gasteiger partial charge in [-0.3, -0.25) is 19.8 Å². The van der Waals surface area contributed by atoms with Gasteiger partial charge >= 0.3 is 0 Å². The van der Waals surface area contributed by atoms with Crippen LogP contribution in [-0.4, -0.2) is 24.0 Å². The minimum absolute atomic E-state index is 0.0252. The van der Waals surface area contributed by atoms with E-state index >= 15 is 0 Å². The molecule has 0 radical (unpaired) electrons. The van der Waals surface area contributed by atoms with Crippen molar-refractivity contribution in [2.45, 2.75) is 13.5 Å². The van der Waals surface area contributed by atoms with Gasteiger partial charge in [0.05, 0.1) is 12.8 Å². The summed E-state index contributed by atoms with van der Waals surface area (Å²) in [5.74, 6) is 0.0201. The van der Waals surface area contributed by atoms with Crippen LogP contribution in [0.25, 0.3) is 6.08 Å². The van der Waals surface area contributed by atoms with Crippen molar-refractivity contribution in [2.75, 3.05) is 12.0 Å². The Kier molecular flexibility index (Phi) is 6.51. The zero-order valence-electron chi connectivity index (χ0n) is 18.2. The van der Waals surface area contributed by atoms with E-state index < -0.39 is 11.8 Å². The van der Waals surface area contributed by atoms with Gasteiger partial charge in [0.15, 0.2) is 16.6 Å². The van der Waals surface area contributed by atoms with Crippen molar-refractivity contribution in [3.63, 3.8) is 0 Å². The van der Waals surface area contributed by atoms with Crippen molar-refractivity contribution >= 4 is 40.9 Å². The number of anilines is 1. The number of hydrogen-bond acceptors (Lipinski definition) is 5. The highest BCUT2D eigenvalue weighted by Gasteiger charge is 2.34. The van der Waals surface area contributed by atoms with E-state index in [0.29, 0.717) is 29.4 Å². The molecule has 1 heterocycles. The molecule has 0 unspecified atom stereocenters. The topological polar surface area (TPSA) is 67.9 Å². The quantitative estimate of drug-likeness (QED) is 0.337. The number of rotatable bonds is 6. The van der Waals surface area contributed by atoms with Crippen LogP contribution < -0.4 is 19.7 Å². The Hall–Kier alpha value is -3.97. The molecule has 0 atom stereocenters. The van der Waals surface area contributed by atoms with Gasteiger partial charge in [0.25, 0.3) is 11.8 Å². The number of carbonyl (C=O) groups is 2. The normalized spacial score (nSPS) is 14.9. The summed E-state index contributed by atoms with van der Waals surface area (Å²) in [5, 5.41) is 2.63. The molecule has 3 aromatic rings. The SMILES string of the molecule is COc1cc(/C=C2/C(=O)NC(=S)N(c3ccccc3)C2=O)ccc1OCc1ccc(C)cc1. The number of thiocarbonyl (C=S) groups is 1. The predicted octanol–water partition coefficient (Wildman–Crippen LogP) is 4.41. The van der Waals surface area contributed by atoms with E-state index in [9.17, 15) is 9.59 Å². The van der Waals surface area contributed by atoms with Crippen LogP contribution >= 0.6 is 12.2 Å². The molecule has 0 saturated carbocycles. The lowest BCUT2D eigenvalue weighted by Gasteiger charge is -2.28. The second kappa shape index (κ2) is 9.67. The predicted molar refractivity (Wildman–Crippen MR) is 131 cm³/mol. The number of nitrogens with zero attached hydrogens (tertiary/aromatic N) is 1. The Morgan fingerprint density at radius 3 is 2.39 bits per heavy atom. The van der Waals surface area contributed by atoms with Crippen LogP contribution in [0, 0.1) is 6.92 Å². The molecule has 1 aliphatic heterocycles. The second-order valence-corrected chi connectivity index (χ2v) is 7.86. The van der Waals surface area contributed by atoms with Crippen LogP contribution in [0.2, 0.25) is 0 Å². The molecule has 1 N–H and O–H groups in total. The monoisotopic (exact) mass is 458 g/mol. The highest BCUT2D eigenvalue weighted by atomic mass is 32.1. The lowest BCUT2D eigenvalue weighted by Crippen LogP contribution is -2.54. The fourth-order valence-electron chi connectivity index (χ4n) is 3.37. The van der Waals surface area contributed by atoms with Gasteiger partial charge in [0.1, 0.15) is 12.2 Å². The molecule has 166 valence electrons. The van der Waals surface area contributed by atoms with Crippen LogP contribution in [0.4, 0.5) is 5.69 Å². The van der Waals surface area contributed by atoms with Gasteiger partial charge in [-0.05, 0) is 60.6 Å². The molecular weight excluding hydrogens is 436 g/mol. The molecule has 6 nitrogen and oxygen atoms in total. The molecule has 1 saturated heterocycles. The Labute approximate surface area is 197 Å². The van der Waals surface area contributed by atoms with Crippen LogP contribution in [0.5, 0.6) is 11.5 Å². The average Bonchev–Trinajstić information content (AvgIpc) is 2.82. The molecule has 7 heteroatoms. The standard InChI is InChI=1S/C26H22N2O4S/c1-17-8-10-18(11-9-17)16-32-22-13-12-19(15-23(22)31-2)14-21-24(29)27-26(33)28(25(21)30)20-6-4-3-5-7-20/h3-15H,16H2,1-2H3,(H,27,29,33)/b21-14-. The number of amides is 2. The Morgan fingerprint density at radius 1 is 0.970 bits per heavy atom. The van der Waals surface area contributed by atoms with Gasteiger partial charge in [-0.1, -0.05) is 54.1 Å². The van der Waals surface area contributed by atoms with Crippen LogP contribution in [-0.2, 0) is 16.2 Å². The van der Waals surface area contributed by atoms with Gasteiger partial charge in [0, 0.05) is 0 Å². The third-order valence-corrected chi connectivity index (χ3v) is 5.41. The van der Waals surface area contributed by atoms with E-state index in [1.54, 1.807) is 49.6 Å². The summed E-state index contributed by atoms with van der Waals surface area (Å²) in [6.45, 7) is 2.42. The zero-order valence-corrected chi connectivity index (χ0v) is 19.0. The molecule has 0 spiro atoms. The third kappa shape index (κ3) is 4.94. The van der Waals surface area contributed by atoms with E-state index in [1.807, 2.05) is 37.3 Å². The van der Waals surface area contributed by atoms with Gasteiger partial charge < -0.3 is 9.47 Å². The summed E-state index contributed by atoms with van der Waals surface area (Å²) in [6, 6.07) is 22.3. The highest BCUT2D eigenvalue weighted by molar-refractivity contribution is 7.80. The number of hydrogen-bond donors (Lipinski definition) is 1. The largest absolute Gasteiger partial charge is 0.493 e. The average molecular weight is 459 g/mol. The number of carbonyl (C=O) groups excluding carboxylic acids is 2. The van der Waals surface area contributed by atoms with E-state index in [1.165, 1.54) is 16.5 Å². The molecule has 3 aromatic carbocycles. The van der Waals surface area contributed by atoms with Crippen LogP contribution in [0.3, 0.4) is 0 Å². The summed E-state index contributed by atoms with van der Waals surface area (Å²) in [4.78, 5) is 26.9. The molecule has 33 heavy (non-hydrogen) atoms. The fraction of sp³-hybridized carbons (Fsp3) is 0.115. The summed E-state index contributed by atoms with van der Waals surface area (Å²) in [6.07, 6.45) is 1.52. The number of nitrogens with one attached hydrogen (secondary N) is 1. The van der Waals surface area contributed by atoms with Crippen molar-refractivity contribution in [3.05, 3.63) is 95.1 Å². The third-order valence-electron chi connectivity index (χ3n) is 5.13. The summed E-state index contributed by atoms with van der Waals surface area (Å²) >= 11 is 5.22. The summed E-state index contributed by atoms with van der Waals surface area (Å²) in [7, 11) is 1.54. The number of para-hydroxylation sites is 1. The first-order valence-electron chi connectivity index (χ1n) is 10.3. The molecule has 2 amide bonds. The van der Waals surface area contributed by atoms with E-state index in [0.717, 1.165) is 5.56 Å². The van der Waals surface area contributed by atoms with E-state index in [4.69, 9.17) is 21.7 Å². The summed E-state index contributed by atoms with van der Waals surface area (Å²) < 4.78 is 11.4. The van der Waals surface area contributed by atoms with Crippen molar-refractivity contribution < 1.29 is 19.1 Å². The number of methoxy groups -OCH3 is 1. The molecule has 4 rings (SSSR count). The molecule has 0 bridgehead atoms. The maximum Gasteiger partial charge on any atom is 0.270 e. The summed E-state index contributed by atoms with van der Waals surface area (Å²) in [5.41, 5.74) is 3.39. The van der Waals surface area contributed by atoms with Crippen molar-refractivity contribution in [1.82, 2.24) is 5.32 Å². The van der Waals surface area contributed by atoms with Gasteiger partial charge in [0.2, 0.25) is 0 Å². The molecular formula is C26H22N2O4S. The molecule has 1 fully saturated rings. The molecule has 0 aliphatic carbocycles. The smallest absolute Gasteiger partial charge is 0.270 e. The van der Waals surface area contributed by atoms with E-state index in [-0.39, 0.29) is 10.7 Å². The maximum absolute atomic E-state index is 13.1. The Morgan fingerprint density at radius 2 is 1.70 bits per heavy atom. The van der Waals surface area contributed by atoms with Crippen molar-refractivity contribution in [2.24, 2.45) is 0 Å². The van der Waals surface area contributed by atoms with Crippen LogP contribution in [0.15, 0.2) is 78.4 Å². The number of ether oxygens (including phenoxy) is 2. The minimum atomic E-state index is -0.546. The Bertz CT molecular complexity index is 1240. The van der Waals surface area contributed by atoms with Gasteiger partial charge in [-0.25, -0.2) is 0 Å². The van der Waals surface area contributed by atoms with Gasteiger partial charge in [-0.2, -0.15) is 0 Å². The molecule has 1 aliphatic rings. The fourth-order valence-corrected chi connectivity index (χ4v) is 3.66. The highest BCUT2D eigenvalue weighted by Crippen LogP contribution is 2.30. The first-order valence-corrected chi connectivity index (χ1v) is 10.7. The first kappa shape index (κ1) is 22.2. The number of benzene rings is 3. The number of aryl methyl sites for hydroxylation is 1. The zero-order chi connectivity index (χ0) is 23.4.